The maximum atomic E-state index is 5.94. The molecule has 6 nitrogen and oxygen atoms in total. The molecule has 2 fully saturated rings. The summed E-state index contributed by atoms with van der Waals surface area (Å²) in [6, 6.07) is 0. The monoisotopic (exact) mass is 480 g/mol. The molecule has 1 aromatic heterocycles. The van der Waals surface area contributed by atoms with Crippen LogP contribution in [0.5, 0.6) is 0 Å². The zero-order valence-corrected chi connectivity index (χ0v) is 18.4. The first-order valence-corrected chi connectivity index (χ1v) is 9.68. The fourth-order valence-electron chi connectivity index (χ4n) is 3.16. The van der Waals surface area contributed by atoms with E-state index in [0.717, 1.165) is 62.4 Å². The van der Waals surface area contributed by atoms with E-state index in [2.05, 4.69) is 36.0 Å². The van der Waals surface area contributed by atoms with E-state index >= 15 is 0 Å². The number of nitrogens with zero attached hydrogens (tertiary/aromatic N) is 3. The molecule has 25 heavy (non-hydrogen) atoms. The second-order valence-electron chi connectivity index (χ2n) is 6.33. The summed E-state index contributed by atoms with van der Waals surface area (Å²) in [5, 5.41) is 4.48. The van der Waals surface area contributed by atoms with E-state index in [9.17, 15) is 0 Å². The summed E-state index contributed by atoms with van der Waals surface area (Å²) in [6.45, 7) is 11.0. The lowest BCUT2D eigenvalue weighted by Crippen LogP contribution is -2.53. The molecular formula is C17H29IN4O2S. The molecule has 0 saturated carbocycles. The van der Waals surface area contributed by atoms with Gasteiger partial charge in [-0.25, -0.2) is 9.98 Å². The van der Waals surface area contributed by atoms with Crippen LogP contribution in [0.25, 0.3) is 0 Å². The summed E-state index contributed by atoms with van der Waals surface area (Å²) < 4.78 is 11.7. The fraction of sp³-hybridized carbons (Fsp3) is 0.765. The van der Waals surface area contributed by atoms with Crippen molar-refractivity contribution < 1.29 is 9.47 Å². The molecule has 8 heteroatoms. The molecule has 1 N–H and O–H groups in total. The Kier molecular flexibility index (Phi) is 8.37. The third-order valence-electron chi connectivity index (χ3n) is 4.54. The van der Waals surface area contributed by atoms with Crippen molar-refractivity contribution in [3.63, 3.8) is 0 Å². The van der Waals surface area contributed by atoms with Crippen molar-refractivity contribution in [2.45, 2.75) is 52.4 Å². The Labute approximate surface area is 171 Å². The molecule has 2 aliphatic rings. The van der Waals surface area contributed by atoms with Crippen molar-refractivity contribution in [3.05, 3.63) is 15.6 Å². The maximum Gasteiger partial charge on any atom is 0.194 e. The van der Waals surface area contributed by atoms with Crippen LogP contribution in [0.2, 0.25) is 0 Å². The molecule has 2 atom stereocenters. The number of morpholine rings is 1. The quantitative estimate of drug-likeness (QED) is 0.408. The molecule has 0 spiro atoms. The molecule has 0 amide bonds. The highest BCUT2D eigenvalue weighted by molar-refractivity contribution is 14.0. The number of aliphatic imine (C=N–C) groups is 1. The van der Waals surface area contributed by atoms with Crippen LogP contribution in [0, 0.1) is 13.8 Å². The number of nitrogens with one attached hydrogen (secondary N) is 1. The summed E-state index contributed by atoms with van der Waals surface area (Å²) >= 11 is 1.73. The van der Waals surface area contributed by atoms with Gasteiger partial charge in [0.1, 0.15) is 11.1 Å². The number of halogens is 1. The number of rotatable bonds is 4. The average Bonchev–Trinajstić information content (AvgIpc) is 3.22. The van der Waals surface area contributed by atoms with Gasteiger partial charge >= 0.3 is 0 Å². The second kappa shape index (κ2) is 10.0. The molecule has 2 aliphatic heterocycles. The minimum absolute atomic E-state index is 0. The number of aromatic nitrogens is 1. The summed E-state index contributed by atoms with van der Waals surface area (Å²) in [7, 11) is 0. The van der Waals surface area contributed by atoms with Crippen molar-refractivity contribution in [1.82, 2.24) is 15.2 Å². The summed E-state index contributed by atoms with van der Waals surface area (Å²) in [5.41, 5.74) is 1.11. The Hall–Kier alpha value is -0.450. The molecule has 142 valence electrons. The van der Waals surface area contributed by atoms with E-state index in [1.807, 2.05) is 0 Å². The van der Waals surface area contributed by atoms with E-state index in [1.54, 1.807) is 11.3 Å². The summed E-state index contributed by atoms with van der Waals surface area (Å²) in [4.78, 5) is 13.0. The molecule has 2 unspecified atom stereocenters. The van der Waals surface area contributed by atoms with Gasteiger partial charge in [0.25, 0.3) is 0 Å². The molecule has 0 aliphatic carbocycles. The van der Waals surface area contributed by atoms with Gasteiger partial charge in [0.15, 0.2) is 5.96 Å². The van der Waals surface area contributed by atoms with Crippen molar-refractivity contribution in [2.24, 2.45) is 4.99 Å². The van der Waals surface area contributed by atoms with Gasteiger partial charge in [-0.15, -0.1) is 35.3 Å². The average molecular weight is 480 g/mol. The van der Waals surface area contributed by atoms with Crippen molar-refractivity contribution in [1.29, 1.82) is 0 Å². The van der Waals surface area contributed by atoms with Gasteiger partial charge in [-0.05, 0) is 33.6 Å². The van der Waals surface area contributed by atoms with Crippen LogP contribution < -0.4 is 5.32 Å². The molecule has 3 rings (SSSR count). The van der Waals surface area contributed by atoms with Gasteiger partial charge in [-0.1, -0.05) is 0 Å². The van der Waals surface area contributed by atoms with Gasteiger partial charge in [0.2, 0.25) is 0 Å². The Morgan fingerprint density at radius 1 is 1.32 bits per heavy atom. The predicted octanol–water partition coefficient (Wildman–Crippen LogP) is 2.72. The van der Waals surface area contributed by atoms with Crippen molar-refractivity contribution in [2.75, 3.05) is 32.8 Å². The highest BCUT2D eigenvalue weighted by atomic mass is 127. The maximum absolute atomic E-state index is 5.94. The third kappa shape index (κ3) is 5.51. The lowest BCUT2D eigenvalue weighted by molar-refractivity contribution is -0.0817. The molecule has 1 aromatic rings. The first kappa shape index (κ1) is 20.9. The number of aryl methyl sites for hydroxylation is 2. The first-order chi connectivity index (χ1) is 11.7. The number of thiazole rings is 1. The smallest absolute Gasteiger partial charge is 0.194 e. The number of ether oxygens (including phenoxy) is 2. The van der Waals surface area contributed by atoms with Crippen LogP contribution >= 0.6 is 35.3 Å². The Morgan fingerprint density at radius 2 is 2.12 bits per heavy atom. The van der Waals surface area contributed by atoms with Crippen LogP contribution in [0.1, 0.15) is 35.3 Å². The SMILES string of the molecule is CCNC(=NCc1nc(C)c(C)s1)N1CCOC(C2CCCO2)C1.I. The van der Waals surface area contributed by atoms with E-state index < -0.39 is 0 Å². The standard InChI is InChI=1S/C17H28N4O2S.HI/c1-4-18-17(19-10-16-20-12(2)13(3)24-16)21-7-9-23-15(11-21)14-6-5-8-22-14;/h14-15H,4-11H2,1-3H3,(H,18,19);1H. The third-order valence-corrected chi connectivity index (χ3v) is 5.60. The van der Waals surface area contributed by atoms with Crippen LogP contribution in [-0.4, -0.2) is 60.9 Å². The minimum Gasteiger partial charge on any atom is -0.375 e. The Balaban J connectivity index is 0.00000225. The van der Waals surface area contributed by atoms with E-state index in [4.69, 9.17) is 14.5 Å². The first-order valence-electron chi connectivity index (χ1n) is 8.86. The molecular weight excluding hydrogens is 451 g/mol. The van der Waals surface area contributed by atoms with Crippen LogP contribution in [0.3, 0.4) is 0 Å². The lowest BCUT2D eigenvalue weighted by Gasteiger charge is -2.37. The Morgan fingerprint density at radius 3 is 2.76 bits per heavy atom. The largest absolute Gasteiger partial charge is 0.375 e. The molecule has 0 aromatic carbocycles. The normalized spacial score (nSPS) is 24.3. The highest BCUT2D eigenvalue weighted by Crippen LogP contribution is 2.21. The van der Waals surface area contributed by atoms with Gasteiger partial charge in [-0.3, -0.25) is 0 Å². The Bertz CT molecular complexity index is 555. The number of guanidine groups is 1. The lowest BCUT2D eigenvalue weighted by atomic mass is 10.1. The van der Waals surface area contributed by atoms with E-state index in [0.29, 0.717) is 6.54 Å². The van der Waals surface area contributed by atoms with Crippen molar-refractivity contribution >= 4 is 41.3 Å². The summed E-state index contributed by atoms with van der Waals surface area (Å²) in [5.74, 6) is 0.953. The van der Waals surface area contributed by atoms with Crippen LogP contribution in [-0.2, 0) is 16.0 Å². The molecule has 3 heterocycles. The zero-order valence-electron chi connectivity index (χ0n) is 15.3. The van der Waals surface area contributed by atoms with Crippen LogP contribution in [0.15, 0.2) is 4.99 Å². The molecule has 0 radical (unpaired) electrons. The van der Waals surface area contributed by atoms with E-state index in [-0.39, 0.29) is 36.2 Å². The molecule has 0 bridgehead atoms. The number of hydrogen-bond acceptors (Lipinski definition) is 5. The zero-order chi connectivity index (χ0) is 16.9. The summed E-state index contributed by atoms with van der Waals surface area (Å²) in [6.07, 6.45) is 2.63. The minimum atomic E-state index is 0. The van der Waals surface area contributed by atoms with E-state index in [1.165, 1.54) is 4.88 Å². The topological polar surface area (TPSA) is 59.0 Å². The van der Waals surface area contributed by atoms with Crippen molar-refractivity contribution in [3.8, 4) is 0 Å². The van der Waals surface area contributed by atoms with Gasteiger partial charge < -0.3 is 19.7 Å². The second-order valence-corrected chi connectivity index (χ2v) is 7.61. The van der Waals surface area contributed by atoms with Crippen LogP contribution in [0.4, 0.5) is 0 Å². The van der Waals surface area contributed by atoms with Gasteiger partial charge in [0.05, 0.1) is 24.9 Å². The fourth-order valence-corrected chi connectivity index (χ4v) is 4.02. The predicted molar refractivity (Wildman–Crippen MR) is 112 cm³/mol. The highest BCUT2D eigenvalue weighted by Gasteiger charge is 2.32. The van der Waals surface area contributed by atoms with Gasteiger partial charge in [0, 0.05) is 31.1 Å². The van der Waals surface area contributed by atoms with Gasteiger partial charge in [-0.2, -0.15) is 0 Å². The number of hydrogen-bond donors (Lipinski definition) is 1. The molecule has 2 saturated heterocycles.